The third kappa shape index (κ3) is 2.10. The number of methoxy groups -OCH3 is 1. The van der Waals surface area contributed by atoms with Gasteiger partial charge < -0.3 is 9.84 Å². The van der Waals surface area contributed by atoms with E-state index in [1.807, 2.05) is 13.8 Å². The van der Waals surface area contributed by atoms with Crippen molar-refractivity contribution in [3.63, 3.8) is 0 Å². The van der Waals surface area contributed by atoms with Gasteiger partial charge in [-0.2, -0.15) is 0 Å². The second-order valence-electron chi connectivity index (χ2n) is 5.41. The number of aliphatic hydroxyl groups is 1. The third-order valence-electron chi connectivity index (χ3n) is 4.34. The molecule has 0 amide bonds. The van der Waals surface area contributed by atoms with E-state index < -0.39 is 11.0 Å². The summed E-state index contributed by atoms with van der Waals surface area (Å²) in [6, 6.07) is 0. The summed E-state index contributed by atoms with van der Waals surface area (Å²) in [7, 11) is 1.39. The summed E-state index contributed by atoms with van der Waals surface area (Å²) in [5.74, 6) is 0.195. The monoisotopic (exact) mass is 228 g/mol. The summed E-state index contributed by atoms with van der Waals surface area (Å²) in [5, 5.41) is 10.8. The minimum absolute atomic E-state index is 0.286. The van der Waals surface area contributed by atoms with Crippen molar-refractivity contribution in [1.29, 1.82) is 0 Å². The van der Waals surface area contributed by atoms with Crippen LogP contribution in [-0.2, 0) is 9.53 Å². The number of hydrogen-bond acceptors (Lipinski definition) is 3. The number of hydrogen-bond donors (Lipinski definition) is 1. The molecule has 1 aliphatic carbocycles. The molecule has 1 fully saturated rings. The minimum atomic E-state index is -0.896. The van der Waals surface area contributed by atoms with Crippen molar-refractivity contribution < 1.29 is 14.6 Å². The topological polar surface area (TPSA) is 46.5 Å². The maximum Gasteiger partial charge on any atom is 0.314 e. The fourth-order valence-electron chi connectivity index (χ4n) is 2.91. The molecule has 1 saturated carbocycles. The van der Waals surface area contributed by atoms with Crippen LogP contribution in [0.1, 0.15) is 52.9 Å². The quantitative estimate of drug-likeness (QED) is 0.755. The van der Waals surface area contributed by atoms with Crippen molar-refractivity contribution >= 4 is 5.97 Å². The van der Waals surface area contributed by atoms with Crippen LogP contribution in [0.15, 0.2) is 0 Å². The molecule has 0 aromatic carbocycles. The molecule has 94 valence electrons. The van der Waals surface area contributed by atoms with Gasteiger partial charge in [-0.1, -0.05) is 26.7 Å². The first-order valence-electron chi connectivity index (χ1n) is 6.20. The predicted molar refractivity (Wildman–Crippen MR) is 63.0 cm³/mol. The molecule has 1 N–H and O–H groups in total. The Hall–Kier alpha value is -0.570. The zero-order valence-electron chi connectivity index (χ0n) is 10.9. The molecular weight excluding hydrogens is 204 g/mol. The van der Waals surface area contributed by atoms with E-state index in [0.717, 1.165) is 12.8 Å². The number of carbonyl (C=O) groups is 1. The highest BCUT2D eigenvalue weighted by molar-refractivity contribution is 5.77. The van der Waals surface area contributed by atoms with Crippen LogP contribution in [0.2, 0.25) is 0 Å². The van der Waals surface area contributed by atoms with E-state index in [-0.39, 0.29) is 5.97 Å². The van der Waals surface area contributed by atoms with Gasteiger partial charge in [0.05, 0.1) is 18.1 Å². The average Bonchev–Trinajstić information content (AvgIpc) is 2.26. The van der Waals surface area contributed by atoms with Gasteiger partial charge in [0.2, 0.25) is 0 Å². The first-order chi connectivity index (χ1) is 7.39. The molecule has 3 atom stereocenters. The zero-order chi connectivity index (χ0) is 12.4. The Kier molecular flexibility index (Phi) is 4.00. The SMILES string of the molecule is CCC(C)(C(=O)OC)C1(O)CCCC(C)C1. The molecule has 0 aliphatic heterocycles. The van der Waals surface area contributed by atoms with Crippen molar-refractivity contribution in [2.24, 2.45) is 11.3 Å². The van der Waals surface area contributed by atoms with Gasteiger partial charge in [-0.15, -0.1) is 0 Å². The second-order valence-corrected chi connectivity index (χ2v) is 5.41. The molecule has 0 radical (unpaired) electrons. The fourth-order valence-corrected chi connectivity index (χ4v) is 2.91. The summed E-state index contributed by atoms with van der Waals surface area (Å²) in [4.78, 5) is 11.9. The molecule has 0 aromatic heterocycles. The summed E-state index contributed by atoms with van der Waals surface area (Å²) in [6.07, 6.45) is 4.15. The Labute approximate surface area is 98.2 Å². The molecule has 0 saturated heterocycles. The first kappa shape index (κ1) is 13.5. The lowest BCUT2D eigenvalue weighted by molar-refractivity contribution is -0.178. The molecule has 3 heteroatoms. The van der Waals surface area contributed by atoms with Crippen molar-refractivity contribution in [2.75, 3.05) is 7.11 Å². The molecule has 16 heavy (non-hydrogen) atoms. The summed E-state index contributed by atoms with van der Waals surface area (Å²) in [5.41, 5.74) is -1.66. The molecule has 0 spiro atoms. The van der Waals surface area contributed by atoms with Gasteiger partial charge in [-0.25, -0.2) is 0 Å². The van der Waals surface area contributed by atoms with Crippen molar-refractivity contribution in [3.8, 4) is 0 Å². The lowest BCUT2D eigenvalue weighted by Crippen LogP contribution is -2.53. The first-order valence-corrected chi connectivity index (χ1v) is 6.20. The average molecular weight is 228 g/mol. The van der Waals surface area contributed by atoms with Crippen LogP contribution >= 0.6 is 0 Å². The third-order valence-corrected chi connectivity index (χ3v) is 4.34. The molecule has 1 rings (SSSR count). The number of esters is 1. The Morgan fingerprint density at radius 1 is 1.62 bits per heavy atom. The van der Waals surface area contributed by atoms with Crippen LogP contribution in [0.25, 0.3) is 0 Å². The second kappa shape index (κ2) is 4.74. The summed E-state index contributed by atoms with van der Waals surface area (Å²) < 4.78 is 4.86. The molecule has 0 heterocycles. The standard InChI is InChI=1S/C13H24O3/c1-5-12(3,11(14)16-4)13(15)8-6-7-10(2)9-13/h10,15H,5-9H2,1-4H3. The van der Waals surface area contributed by atoms with Gasteiger partial charge in [-0.3, -0.25) is 4.79 Å². The van der Waals surface area contributed by atoms with Crippen LogP contribution in [-0.4, -0.2) is 23.8 Å². The highest BCUT2D eigenvalue weighted by atomic mass is 16.5. The van der Waals surface area contributed by atoms with E-state index in [1.165, 1.54) is 7.11 Å². The van der Waals surface area contributed by atoms with Gasteiger partial charge in [0.1, 0.15) is 0 Å². The van der Waals surface area contributed by atoms with Crippen molar-refractivity contribution in [2.45, 2.75) is 58.5 Å². The molecule has 1 aliphatic rings. The van der Waals surface area contributed by atoms with Gasteiger partial charge in [-0.05, 0) is 32.1 Å². The smallest absolute Gasteiger partial charge is 0.314 e. The van der Waals surface area contributed by atoms with Gasteiger partial charge >= 0.3 is 5.97 Å². The van der Waals surface area contributed by atoms with Crippen molar-refractivity contribution in [1.82, 2.24) is 0 Å². The van der Waals surface area contributed by atoms with Crippen LogP contribution in [0, 0.1) is 11.3 Å². The van der Waals surface area contributed by atoms with E-state index in [2.05, 4.69) is 6.92 Å². The van der Waals surface area contributed by atoms with Gasteiger partial charge in [0, 0.05) is 0 Å². The van der Waals surface area contributed by atoms with E-state index >= 15 is 0 Å². The largest absolute Gasteiger partial charge is 0.469 e. The van der Waals surface area contributed by atoms with Crippen LogP contribution in [0.5, 0.6) is 0 Å². The minimum Gasteiger partial charge on any atom is -0.469 e. The number of ether oxygens (including phenoxy) is 1. The Morgan fingerprint density at radius 2 is 2.25 bits per heavy atom. The predicted octanol–water partition coefficient (Wildman–Crippen LogP) is 2.52. The fraction of sp³-hybridized carbons (Fsp3) is 0.923. The van der Waals surface area contributed by atoms with Crippen molar-refractivity contribution in [3.05, 3.63) is 0 Å². The molecule has 0 bridgehead atoms. The lowest BCUT2D eigenvalue weighted by Gasteiger charge is -2.46. The molecule has 3 nitrogen and oxygen atoms in total. The molecule has 3 unspecified atom stereocenters. The van der Waals surface area contributed by atoms with E-state index in [4.69, 9.17) is 4.74 Å². The van der Waals surface area contributed by atoms with Gasteiger partial charge in [0.15, 0.2) is 0 Å². The van der Waals surface area contributed by atoms with E-state index in [1.54, 1.807) is 0 Å². The van der Waals surface area contributed by atoms with Gasteiger partial charge in [0.25, 0.3) is 0 Å². The zero-order valence-corrected chi connectivity index (χ0v) is 10.9. The summed E-state index contributed by atoms with van der Waals surface area (Å²) >= 11 is 0. The van der Waals surface area contributed by atoms with E-state index in [0.29, 0.717) is 25.2 Å². The number of carbonyl (C=O) groups excluding carboxylic acids is 1. The maximum absolute atomic E-state index is 11.9. The Bertz CT molecular complexity index is 264. The maximum atomic E-state index is 11.9. The highest BCUT2D eigenvalue weighted by Gasteiger charge is 2.53. The van der Waals surface area contributed by atoms with E-state index in [9.17, 15) is 9.90 Å². The number of rotatable bonds is 3. The van der Waals surface area contributed by atoms with Crippen LogP contribution < -0.4 is 0 Å². The highest BCUT2D eigenvalue weighted by Crippen LogP contribution is 2.46. The van der Waals surface area contributed by atoms with Crippen LogP contribution in [0.4, 0.5) is 0 Å². The Morgan fingerprint density at radius 3 is 2.69 bits per heavy atom. The van der Waals surface area contributed by atoms with Crippen LogP contribution in [0.3, 0.4) is 0 Å². The molecular formula is C13H24O3. The lowest BCUT2D eigenvalue weighted by atomic mass is 9.62. The Balaban J connectivity index is 2.97. The molecule has 0 aromatic rings. The summed E-state index contributed by atoms with van der Waals surface area (Å²) in [6.45, 7) is 5.91. The normalized spacial score (nSPS) is 34.2.